The molecule has 0 aliphatic carbocycles. The van der Waals surface area contributed by atoms with Crippen molar-refractivity contribution in [2.45, 2.75) is 13.3 Å². The van der Waals surface area contributed by atoms with Crippen LogP contribution < -0.4 is 25.8 Å². The average molecular weight is 277 g/mol. The van der Waals surface area contributed by atoms with Crippen LogP contribution in [0.3, 0.4) is 0 Å². The Bertz CT molecular complexity index is 515. The zero-order chi connectivity index (χ0) is 14.4. The number of guanidine groups is 2. The summed E-state index contributed by atoms with van der Waals surface area (Å²) in [5, 5.41) is 13.0. The number of nitrogens with two attached hydrogens (primary N) is 1. The van der Waals surface area contributed by atoms with Crippen LogP contribution in [0.15, 0.2) is 23.2 Å². The molecule has 0 fully saturated rings. The van der Waals surface area contributed by atoms with Gasteiger partial charge in [-0.3, -0.25) is 15.7 Å². The average Bonchev–Trinajstić information content (AvgIpc) is 2.85. The predicted molar refractivity (Wildman–Crippen MR) is 77.3 cm³/mol. The maximum atomic E-state index is 7.20. The number of nitrogens with one attached hydrogen (secondary N) is 3. The van der Waals surface area contributed by atoms with Crippen LogP contribution >= 0.6 is 0 Å². The summed E-state index contributed by atoms with van der Waals surface area (Å²) >= 11 is 0. The number of rotatable bonds is 4. The molecule has 7 nitrogen and oxygen atoms in total. The first-order valence-corrected chi connectivity index (χ1v) is 6.47. The minimum Gasteiger partial charge on any atom is -0.454 e. The topological polar surface area (TPSA) is 105 Å². The molecule has 0 saturated heterocycles. The van der Waals surface area contributed by atoms with E-state index in [2.05, 4.69) is 15.6 Å². The number of hydrogen-bond acceptors (Lipinski definition) is 4. The van der Waals surface area contributed by atoms with E-state index in [0.717, 1.165) is 23.5 Å². The molecule has 1 aliphatic rings. The van der Waals surface area contributed by atoms with Crippen molar-refractivity contribution in [2.24, 2.45) is 10.7 Å². The molecule has 0 aromatic heterocycles. The lowest BCUT2D eigenvalue weighted by Gasteiger charge is -2.11. The standard InChI is InChI=1S/C13H19N5O2/c1-2-16-13(18-12(14)15)17-6-5-9-3-4-10-11(7-9)20-8-19-10/h3-4,7H,2,5-6,8H2,1H3,(H5,14,15,16,17,18). The smallest absolute Gasteiger partial charge is 0.231 e. The zero-order valence-corrected chi connectivity index (χ0v) is 11.4. The van der Waals surface area contributed by atoms with Gasteiger partial charge in [-0.05, 0) is 31.0 Å². The van der Waals surface area contributed by atoms with Gasteiger partial charge in [0.1, 0.15) is 0 Å². The molecule has 1 heterocycles. The molecule has 108 valence electrons. The van der Waals surface area contributed by atoms with Gasteiger partial charge >= 0.3 is 0 Å². The molecule has 0 unspecified atom stereocenters. The van der Waals surface area contributed by atoms with Gasteiger partial charge in [-0.25, -0.2) is 0 Å². The fourth-order valence-corrected chi connectivity index (χ4v) is 1.85. The highest BCUT2D eigenvalue weighted by atomic mass is 16.7. The van der Waals surface area contributed by atoms with Crippen LogP contribution in [0.5, 0.6) is 11.5 Å². The van der Waals surface area contributed by atoms with E-state index in [1.807, 2.05) is 25.1 Å². The first-order chi connectivity index (χ1) is 9.69. The molecule has 0 radical (unpaired) electrons. The van der Waals surface area contributed by atoms with Crippen molar-refractivity contribution >= 4 is 11.9 Å². The van der Waals surface area contributed by atoms with Crippen LogP contribution in [0.25, 0.3) is 0 Å². The quantitative estimate of drug-likeness (QED) is 0.471. The Morgan fingerprint density at radius 1 is 1.40 bits per heavy atom. The minimum absolute atomic E-state index is 0.132. The van der Waals surface area contributed by atoms with E-state index in [0.29, 0.717) is 19.0 Å². The maximum absolute atomic E-state index is 7.20. The summed E-state index contributed by atoms with van der Waals surface area (Å²) in [6.07, 6.45) is 0.805. The fraction of sp³-hybridized carbons (Fsp3) is 0.385. The van der Waals surface area contributed by atoms with Crippen molar-refractivity contribution in [3.05, 3.63) is 23.8 Å². The molecule has 0 amide bonds. The monoisotopic (exact) mass is 277 g/mol. The summed E-state index contributed by atoms with van der Waals surface area (Å²) in [7, 11) is 0. The normalized spacial score (nSPS) is 13.2. The van der Waals surface area contributed by atoms with E-state index < -0.39 is 0 Å². The van der Waals surface area contributed by atoms with Crippen LogP contribution in [-0.2, 0) is 6.42 Å². The molecule has 1 aromatic rings. The molecule has 1 aromatic carbocycles. The van der Waals surface area contributed by atoms with Crippen molar-refractivity contribution < 1.29 is 9.47 Å². The third-order valence-corrected chi connectivity index (χ3v) is 2.71. The summed E-state index contributed by atoms with van der Waals surface area (Å²) in [5.41, 5.74) is 6.43. The lowest BCUT2D eigenvalue weighted by atomic mass is 10.1. The maximum Gasteiger partial charge on any atom is 0.231 e. The molecule has 0 bridgehead atoms. The van der Waals surface area contributed by atoms with Crippen molar-refractivity contribution in [3.8, 4) is 11.5 Å². The SMILES string of the molecule is CCN=C(NCCc1ccc2c(c1)OCO2)NC(=N)N. The molecule has 0 spiro atoms. The summed E-state index contributed by atoms with van der Waals surface area (Å²) < 4.78 is 10.6. The molecule has 20 heavy (non-hydrogen) atoms. The van der Waals surface area contributed by atoms with E-state index in [1.165, 1.54) is 0 Å². The van der Waals surface area contributed by atoms with Crippen molar-refractivity contribution in [2.75, 3.05) is 19.9 Å². The van der Waals surface area contributed by atoms with Crippen LogP contribution in [0.1, 0.15) is 12.5 Å². The van der Waals surface area contributed by atoms with E-state index in [-0.39, 0.29) is 12.8 Å². The summed E-state index contributed by atoms with van der Waals surface area (Å²) in [6, 6.07) is 5.88. The molecule has 5 N–H and O–H groups in total. The van der Waals surface area contributed by atoms with Gasteiger partial charge in [0.15, 0.2) is 23.4 Å². The molecular formula is C13H19N5O2. The second kappa shape index (κ2) is 6.65. The van der Waals surface area contributed by atoms with Gasteiger partial charge in [-0.2, -0.15) is 0 Å². The lowest BCUT2D eigenvalue weighted by Crippen LogP contribution is -2.44. The molecule has 1 aliphatic heterocycles. The van der Waals surface area contributed by atoms with E-state index in [4.69, 9.17) is 20.6 Å². The van der Waals surface area contributed by atoms with E-state index >= 15 is 0 Å². The number of fused-ring (bicyclic) bond motifs is 1. The predicted octanol–water partition coefficient (Wildman–Crippen LogP) is 0.406. The number of hydrogen-bond donors (Lipinski definition) is 4. The Morgan fingerprint density at radius 3 is 2.95 bits per heavy atom. The summed E-state index contributed by atoms with van der Waals surface area (Å²) in [6.45, 7) is 3.50. The molecule has 0 atom stereocenters. The third kappa shape index (κ3) is 3.78. The molecule has 2 rings (SSSR count). The van der Waals surface area contributed by atoms with Gasteiger partial charge in [0, 0.05) is 13.1 Å². The van der Waals surface area contributed by atoms with Gasteiger partial charge in [-0.1, -0.05) is 6.07 Å². The van der Waals surface area contributed by atoms with Crippen molar-refractivity contribution in [1.82, 2.24) is 10.6 Å². The van der Waals surface area contributed by atoms with E-state index in [1.54, 1.807) is 0 Å². The highest BCUT2D eigenvalue weighted by Crippen LogP contribution is 2.32. The van der Waals surface area contributed by atoms with E-state index in [9.17, 15) is 0 Å². The first-order valence-electron chi connectivity index (χ1n) is 6.47. The third-order valence-electron chi connectivity index (χ3n) is 2.71. The molecular weight excluding hydrogens is 258 g/mol. The number of ether oxygens (including phenoxy) is 2. The summed E-state index contributed by atoms with van der Waals surface area (Å²) in [5.74, 6) is 1.95. The Balaban J connectivity index is 1.85. The van der Waals surface area contributed by atoms with Gasteiger partial charge in [-0.15, -0.1) is 0 Å². The van der Waals surface area contributed by atoms with Crippen molar-refractivity contribution in [1.29, 1.82) is 5.41 Å². The minimum atomic E-state index is -0.132. The Hall–Kier alpha value is -2.44. The van der Waals surface area contributed by atoms with Crippen LogP contribution in [0.4, 0.5) is 0 Å². The summed E-state index contributed by atoms with van der Waals surface area (Å²) in [4.78, 5) is 4.18. The number of nitrogens with zero attached hydrogens (tertiary/aromatic N) is 1. The molecule has 0 saturated carbocycles. The Morgan fingerprint density at radius 2 is 2.20 bits per heavy atom. The molecule has 7 heteroatoms. The first kappa shape index (κ1) is 14.0. The van der Waals surface area contributed by atoms with Crippen LogP contribution in [0, 0.1) is 5.41 Å². The van der Waals surface area contributed by atoms with Gasteiger partial charge in [0.05, 0.1) is 0 Å². The zero-order valence-electron chi connectivity index (χ0n) is 11.4. The lowest BCUT2D eigenvalue weighted by molar-refractivity contribution is 0.174. The largest absolute Gasteiger partial charge is 0.454 e. The second-order valence-corrected chi connectivity index (χ2v) is 4.23. The highest BCUT2D eigenvalue weighted by molar-refractivity contribution is 5.96. The fourth-order valence-electron chi connectivity index (χ4n) is 1.85. The van der Waals surface area contributed by atoms with Crippen LogP contribution in [0.2, 0.25) is 0 Å². The van der Waals surface area contributed by atoms with Gasteiger partial charge in [0.2, 0.25) is 6.79 Å². The number of benzene rings is 1. The van der Waals surface area contributed by atoms with Crippen LogP contribution in [-0.4, -0.2) is 31.8 Å². The second-order valence-electron chi connectivity index (χ2n) is 4.23. The number of aliphatic imine (C=N–C) groups is 1. The van der Waals surface area contributed by atoms with Gasteiger partial charge in [0.25, 0.3) is 0 Å². The Kier molecular flexibility index (Phi) is 4.65. The van der Waals surface area contributed by atoms with Crippen molar-refractivity contribution in [3.63, 3.8) is 0 Å². The Labute approximate surface area is 117 Å². The van der Waals surface area contributed by atoms with Gasteiger partial charge < -0.3 is 20.5 Å². The highest BCUT2D eigenvalue weighted by Gasteiger charge is 2.12.